The quantitative estimate of drug-likeness (QED) is 0.547. The Morgan fingerprint density at radius 3 is 2.44 bits per heavy atom. The van der Waals surface area contributed by atoms with Crippen LogP contribution in [0.1, 0.15) is 24.1 Å². The van der Waals surface area contributed by atoms with Crippen molar-refractivity contribution in [2.75, 3.05) is 0 Å². The van der Waals surface area contributed by atoms with E-state index >= 15 is 0 Å². The molecule has 1 rings (SSSR count). The molecule has 16 heavy (non-hydrogen) atoms. The van der Waals surface area contributed by atoms with Gasteiger partial charge < -0.3 is 0 Å². The summed E-state index contributed by atoms with van der Waals surface area (Å²) in [4.78, 5) is 4.25. The third-order valence-corrected chi connectivity index (χ3v) is 2.92. The maximum Gasteiger partial charge on any atom is 0.129 e. The van der Waals surface area contributed by atoms with Gasteiger partial charge >= 0.3 is 0 Å². The van der Waals surface area contributed by atoms with E-state index in [2.05, 4.69) is 42.2 Å². The Labute approximate surface area is 98.3 Å². The minimum Gasteiger partial charge on any atom is -0.247 e. The van der Waals surface area contributed by atoms with Gasteiger partial charge in [0.25, 0.3) is 0 Å². The summed E-state index contributed by atoms with van der Waals surface area (Å²) in [5.74, 6) is 2.98. The minimum absolute atomic E-state index is 0.105. The van der Waals surface area contributed by atoms with Crippen molar-refractivity contribution in [3.63, 3.8) is 0 Å². The van der Waals surface area contributed by atoms with E-state index in [9.17, 15) is 0 Å². The number of hydrogen-bond acceptors (Lipinski definition) is 2. The highest BCUT2D eigenvalue weighted by Crippen LogP contribution is 2.12. The molecule has 1 aromatic rings. The fraction of sp³-hybridized carbons (Fsp3) is 0.385. The van der Waals surface area contributed by atoms with Crippen LogP contribution in [-0.2, 0) is 0 Å². The second kappa shape index (κ2) is 4.96. The monoisotopic (exact) mass is 228 g/mol. The lowest BCUT2D eigenvalue weighted by Crippen LogP contribution is -2.16. The van der Waals surface area contributed by atoms with E-state index in [1.807, 2.05) is 19.1 Å². The van der Waals surface area contributed by atoms with Crippen LogP contribution in [0.5, 0.6) is 0 Å². The molecule has 0 aliphatic heterocycles. The standard InChI is InChI=1S/C13H16N2Si/c1-11(9-14)12-5-6-13(15-10-12)7-8-16(2,3)4/h5-6,10-11H,1-4H3. The van der Waals surface area contributed by atoms with E-state index in [4.69, 9.17) is 5.26 Å². The van der Waals surface area contributed by atoms with E-state index in [0.29, 0.717) is 0 Å². The minimum atomic E-state index is -1.34. The van der Waals surface area contributed by atoms with Crippen LogP contribution >= 0.6 is 0 Å². The number of hydrogen-bond donors (Lipinski definition) is 0. The lowest BCUT2D eigenvalue weighted by Gasteiger charge is -2.04. The largest absolute Gasteiger partial charge is 0.247 e. The third-order valence-electron chi connectivity index (χ3n) is 2.05. The van der Waals surface area contributed by atoms with Crippen LogP contribution in [0, 0.1) is 22.8 Å². The molecule has 0 aromatic carbocycles. The second-order valence-electron chi connectivity index (χ2n) is 4.83. The van der Waals surface area contributed by atoms with Gasteiger partial charge in [0.2, 0.25) is 0 Å². The zero-order valence-corrected chi connectivity index (χ0v) is 11.2. The first-order valence-corrected chi connectivity index (χ1v) is 8.81. The van der Waals surface area contributed by atoms with Crippen molar-refractivity contribution in [1.29, 1.82) is 5.26 Å². The SMILES string of the molecule is CC(C#N)c1ccc(C#C[Si](C)(C)C)nc1. The lowest BCUT2D eigenvalue weighted by molar-refractivity contribution is 0.965. The smallest absolute Gasteiger partial charge is 0.129 e. The molecule has 0 bridgehead atoms. The molecule has 1 heterocycles. The molecular weight excluding hydrogens is 212 g/mol. The molecule has 82 valence electrons. The normalized spacial score (nSPS) is 12.2. The molecule has 0 saturated heterocycles. The van der Waals surface area contributed by atoms with Crippen molar-refractivity contribution in [2.45, 2.75) is 32.5 Å². The van der Waals surface area contributed by atoms with Crippen LogP contribution in [-0.4, -0.2) is 13.1 Å². The number of rotatable bonds is 1. The van der Waals surface area contributed by atoms with Gasteiger partial charge in [0, 0.05) is 6.20 Å². The van der Waals surface area contributed by atoms with Gasteiger partial charge in [0.1, 0.15) is 13.8 Å². The number of aromatic nitrogens is 1. The molecule has 0 radical (unpaired) electrons. The van der Waals surface area contributed by atoms with E-state index in [0.717, 1.165) is 11.3 Å². The molecule has 0 N–H and O–H groups in total. The number of nitriles is 1. The van der Waals surface area contributed by atoms with Crippen molar-refractivity contribution in [3.05, 3.63) is 29.6 Å². The fourth-order valence-electron chi connectivity index (χ4n) is 1.06. The molecule has 0 aliphatic carbocycles. The molecule has 0 spiro atoms. The van der Waals surface area contributed by atoms with Gasteiger partial charge in [-0.25, -0.2) is 4.98 Å². The van der Waals surface area contributed by atoms with Gasteiger partial charge in [-0.1, -0.05) is 31.6 Å². The fourth-order valence-corrected chi connectivity index (χ4v) is 1.56. The van der Waals surface area contributed by atoms with Crippen LogP contribution in [0.3, 0.4) is 0 Å². The molecule has 0 amide bonds. The molecule has 2 nitrogen and oxygen atoms in total. The lowest BCUT2D eigenvalue weighted by atomic mass is 10.1. The van der Waals surface area contributed by atoms with E-state index in [-0.39, 0.29) is 5.92 Å². The van der Waals surface area contributed by atoms with Gasteiger partial charge in [-0.2, -0.15) is 5.26 Å². The Kier molecular flexibility index (Phi) is 3.87. The summed E-state index contributed by atoms with van der Waals surface area (Å²) < 4.78 is 0. The Bertz CT molecular complexity index is 452. The van der Waals surface area contributed by atoms with Gasteiger partial charge in [-0.3, -0.25) is 0 Å². The van der Waals surface area contributed by atoms with Gasteiger partial charge in [0.15, 0.2) is 0 Å². The Hall–Kier alpha value is -1.58. The molecule has 1 aromatic heterocycles. The topological polar surface area (TPSA) is 36.7 Å². The summed E-state index contributed by atoms with van der Waals surface area (Å²) in [5, 5.41) is 8.77. The molecule has 1 atom stereocenters. The predicted molar refractivity (Wildman–Crippen MR) is 68.5 cm³/mol. The summed E-state index contributed by atoms with van der Waals surface area (Å²) in [7, 11) is -1.34. The van der Waals surface area contributed by atoms with Crippen molar-refractivity contribution >= 4 is 8.07 Å². The summed E-state index contributed by atoms with van der Waals surface area (Å²) in [6.07, 6.45) is 1.74. The highest BCUT2D eigenvalue weighted by atomic mass is 28.3. The maximum absolute atomic E-state index is 8.77. The third kappa shape index (κ3) is 3.88. The first-order valence-electron chi connectivity index (χ1n) is 5.31. The molecule has 0 aliphatic rings. The number of pyridine rings is 1. The average molecular weight is 228 g/mol. The first-order chi connectivity index (χ1) is 7.42. The zero-order valence-electron chi connectivity index (χ0n) is 10.2. The molecular formula is C13H16N2Si. The van der Waals surface area contributed by atoms with Crippen LogP contribution in [0.4, 0.5) is 0 Å². The van der Waals surface area contributed by atoms with E-state index in [1.54, 1.807) is 6.20 Å². The van der Waals surface area contributed by atoms with E-state index in [1.165, 1.54) is 0 Å². The van der Waals surface area contributed by atoms with Crippen LogP contribution < -0.4 is 0 Å². The molecule has 0 saturated carbocycles. The molecule has 0 fully saturated rings. The maximum atomic E-state index is 8.77. The van der Waals surface area contributed by atoms with Crippen LogP contribution in [0.25, 0.3) is 0 Å². The summed E-state index contributed by atoms with van der Waals surface area (Å²) in [6, 6.07) is 6.00. The Morgan fingerprint density at radius 2 is 2.00 bits per heavy atom. The van der Waals surface area contributed by atoms with Gasteiger partial charge in [-0.15, -0.1) is 5.54 Å². The van der Waals surface area contributed by atoms with Crippen LogP contribution in [0.2, 0.25) is 19.6 Å². The summed E-state index contributed by atoms with van der Waals surface area (Å²) in [6.45, 7) is 8.47. The highest BCUT2D eigenvalue weighted by Gasteiger charge is 2.08. The van der Waals surface area contributed by atoms with Crippen molar-refractivity contribution in [1.82, 2.24) is 4.98 Å². The Balaban J connectivity index is 2.88. The van der Waals surface area contributed by atoms with E-state index < -0.39 is 8.07 Å². The summed E-state index contributed by atoms with van der Waals surface area (Å²) in [5.41, 5.74) is 5.00. The average Bonchev–Trinajstić information content (AvgIpc) is 2.25. The van der Waals surface area contributed by atoms with Crippen molar-refractivity contribution in [3.8, 4) is 17.5 Å². The van der Waals surface area contributed by atoms with Crippen LogP contribution in [0.15, 0.2) is 18.3 Å². The van der Waals surface area contributed by atoms with Crippen molar-refractivity contribution < 1.29 is 0 Å². The van der Waals surface area contributed by atoms with Gasteiger partial charge in [0.05, 0.1) is 12.0 Å². The second-order valence-corrected chi connectivity index (χ2v) is 9.58. The number of nitrogens with zero attached hydrogens (tertiary/aromatic N) is 2. The predicted octanol–water partition coefficient (Wildman–Crippen LogP) is 2.94. The van der Waals surface area contributed by atoms with Crippen molar-refractivity contribution in [2.24, 2.45) is 0 Å². The Morgan fingerprint density at radius 1 is 1.31 bits per heavy atom. The zero-order chi connectivity index (χ0) is 12.2. The first kappa shape index (κ1) is 12.5. The highest BCUT2D eigenvalue weighted by molar-refractivity contribution is 6.83. The van der Waals surface area contributed by atoms with Gasteiger partial charge in [-0.05, 0) is 18.6 Å². The molecule has 1 unspecified atom stereocenters. The molecule has 3 heteroatoms. The summed E-state index contributed by atoms with van der Waals surface area (Å²) >= 11 is 0.